The molecule has 3 fully saturated rings. The Kier molecular flexibility index (Phi) is 3.07. The molecule has 1 amide bonds. The number of aryl methyl sites for hydroxylation is 1. The van der Waals surface area contributed by atoms with E-state index in [0.29, 0.717) is 11.9 Å². The van der Waals surface area contributed by atoms with Crippen LogP contribution in [0.15, 0.2) is 24.3 Å². The number of benzene rings is 1. The van der Waals surface area contributed by atoms with Crippen LogP contribution in [-0.2, 0) is 4.79 Å². The van der Waals surface area contributed by atoms with Crippen LogP contribution in [0.4, 0.5) is 0 Å². The van der Waals surface area contributed by atoms with E-state index in [9.17, 15) is 4.79 Å². The normalized spacial score (nSPS) is 28.3. The lowest BCUT2D eigenvalue weighted by molar-refractivity contribution is -0.133. The summed E-state index contributed by atoms with van der Waals surface area (Å²) in [6.07, 6.45) is 8.31. The fraction of sp³-hybridized carbons (Fsp3) is 0.611. The van der Waals surface area contributed by atoms with Crippen molar-refractivity contribution in [1.29, 1.82) is 0 Å². The summed E-state index contributed by atoms with van der Waals surface area (Å²) in [4.78, 5) is 15.2. The average Bonchev–Trinajstić information content (AvgIpc) is 3.23. The highest BCUT2D eigenvalue weighted by Crippen LogP contribution is 2.48. The minimum absolute atomic E-state index is 0.0873. The zero-order valence-electron chi connectivity index (χ0n) is 12.8. The van der Waals surface area contributed by atoms with Crippen LogP contribution >= 0.6 is 0 Å². The summed E-state index contributed by atoms with van der Waals surface area (Å²) in [6.45, 7) is 2.15. The molecule has 1 aromatic carbocycles. The summed E-state index contributed by atoms with van der Waals surface area (Å²) >= 11 is 0. The van der Waals surface area contributed by atoms with Crippen molar-refractivity contribution in [3.8, 4) is 0 Å². The second kappa shape index (κ2) is 4.84. The third-order valence-corrected chi connectivity index (χ3v) is 5.54. The Morgan fingerprint density at radius 3 is 2.52 bits per heavy atom. The number of carbonyl (C=O) groups is 1. The van der Waals surface area contributed by atoms with Crippen molar-refractivity contribution < 1.29 is 4.79 Å². The van der Waals surface area contributed by atoms with Gasteiger partial charge in [-0.3, -0.25) is 10.1 Å². The van der Waals surface area contributed by atoms with Crippen molar-refractivity contribution in [2.75, 3.05) is 0 Å². The number of nitrogens with one attached hydrogen (secondary N) is 1. The third kappa shape index (κ3) is 2.10. The first kappa shape index (κ1) is 13.3. The van der Waals surface area contributed by atoms with E-state index in [2.05, 4.69) is 41.4 Å². The van der Waals surface area contributed by atoms with Gasteiger partial charge in [0.25, 0.3) is 0 Å². The highest BCUT2D eigenvalue weighted by molar-refractivity contribution is 5.92. The molecule has 0 aromatic heterocycles. The standard InChI is InChI=1S/C18H24N2O/c1-13-7-5-6-10-15(13)16-19-18(11-12-18)17(21)20(16)14-8-3-2-4-9-14/h5-7,10,14,16,19H,2-4,8-9,11-12H2,1H3. The summed E-state index contributed by atoms with van der Waals surface area (Å²) in [5.74, 6) is 0.364. The van der Waals surface area contributed by atoms with Crippen molar-refractivity contribution in [3.05, 3.63) is 35.4 Å². The molecule has 4 rings (SSSR count). The number of nitrogens with zero attached hydrogens (tertiary/aromatic N) is 1. The molecule has 2 saturated carbocycles. The van der Waals surface area contributed by atoms with Gasteiger partial charge in [-0.05, 0) is 43.7 Å². The summed E-state index contributed by atoms with van der Waals surface area (Å²) in [5, 5.41) is 3.67. The molecule has 1 atom stereocenters. The summed E-state index contributed by atoms with van der Waals surface area (Å²) in [7, 11) is 0. The summed E-state index contributed by atoms with van der Waals surface area (Å²) < 4.78 is 0. The van der Waals surface area contributed by atoms with Gasteiger partial charge in [-0.25, -0.2) is 0 Å². The Bertz CT molecular complexity index is 558. The molecule has 1 aromatic rings. The van der Waals surface area contributed by atoms with Gasteiger partial charge in [0, 0.05) is 6.04 Å². The van der Waals surface area contributed by atoms with Gasteiger partial charge in [0.05, 0.1) is 0 Å². The molecule has 2 aliphatic carbocycles. The van der Waals surface area contributed by atoms with Crippen LogP contribution in [-0.4, -0.2) is 22.4 Å². The molecule has 3 aliphatic rings. The fourth-order valence-corrected chi connectivity index (χ4v) is 4.10. The Balaban J connectivity index is 1.70. The van der Waals surface area contributed by atoms with Crippen LogP contribution in [0.1, 0.15) is 62.2 Å². The van der Waals surface area contributed by atoms with Crippen LogP contribution in [0.5, 0.6) is 0 Å². The van der Waals surface area contributed by atoms with Crippen molar-refractivity contribution in [3.63, 3.8) is 0 Å². The van der Waals surface area contributed by atoms with Crippen LogP contribution < -0.4 is 5.32 Å². The maximum atomic E-state index is 12.9. The van der Waals surface area contributed by atoms with E-state index in [4.69, 9.17) is 0 Å². The molecule has 3 nitrogen and oxygen atoms in total. The molecule has 21 heavy (non-hydrogen) atoms. The first-order chi connectivity index (χ1) is 10.2. The van der Waals surface area contributed by atoms with Crippen molar-refractivity contribution in [2.24, 2.45) is 0 Å². The van der Waals surface area contributed by atoms with Crippen molar-refractivity contribution >= 4 is 5.91 Å². The molecule has 112 valence electrons. The van der Waals surface area contributed by atoms with Gasteiger partial charge in [-0.2, -0.15) is 0 Å². The smallest absolute Gasteiger partial charge is 0.244 e. The Morgan fingerprint density at radius 1 is 1.14 bits per heavy atom. The Hall–Kier alpha value is -1.35. The molecule has 3 heteroatoms. The van der Waals surface area contributed by atoms with Crippen LogP contribution in [0.3, 0.4) is 0 Å². The number of hydrogen-bond donors (Lipinski definition) is 1. The van der Waals surface area contributed by atoms with E-state index in [0.717, 1.165) is 12.8 Å². The van der Waals surface area contributed by atoms with Gasteiger partial charge < -0.3 is 4.90 Å². The molecule has 0 radical (unpaired) electrons. The molecular formula is C18H24N2O. The number of hydrogen-bond acceptors (Lipinski definition) is 2. The number of amides is 1. The predicted molar refractivity (Wildman–Crippen MR) is 82.7 cm³/mol. The lowest BCUT2D eigenvalue weighted by Gasteiger charge is -2.35. The lowest BCUT2D eigenvalue weighted by Crippen LogP contribution is -2.41. The highest BCUT2D eigenvalue weighted by Gasteiger charge is 2.60. The van der Waals surface area contributed by atoms with Crippen molar-refractivity contribution in [1.82, 2.24) is 10.2 Å². The van der Waals surface area contributed by atoms with Gasteiger partial charge >= 0.3 is 0 Å². The van der Waals surface area contributed by atoms with Gasteiger partial charge in [0.1, 0.15) is 11.7 Å². The molecule has 1 aliphatic heterocycles. The molecular weight excluding hydrogens is 260 g/mol. The second-order valence-electron chi connectivity index (χ2n) is 6.99. The maximum absolute atomic E-state index is 12.9. The van der Waals surface area contributed by atoms with Gasteiger partial charge in [0.2, 0.25) is 5.91 Å². The van der Waals surface area contributed by atoms with Crippen LogP contribution in [0.2, 0.25) is 0 Å². The first-order valence-corrected chi connectivity index (χ1v) is 8.37. The Morgan fingerprint density at radius 2 is 1.86 bits per heavy atom. The largest absolute Gasteiger partial charge is 0.318 e. The molecule has 0 bridgehead atoms. The number of rotatable bonds is 2. The van der Waals surface area contributed by atoms with E-state index < -0.39 is 0 Å². The minimum atomic E-state index is -0.218. The zero-order chi connectivity index (χ0) is 14.4. The lowest BCUT2D eigenvalue weighted by atomic mass is 9.93. The summed E-state index contributed by atoms with van der Waals surface area (Å²) in [6, 6.07) is 8.93. The second-order valence-corrected chi connectivity index (χ2v) is 6.99. The van der Waals surface area contributed by atoms with Gasteiger partial charge in [-0.15, -0.1) is 0 Å². The maximum Gasteiger partial charge on any atom is 0.244 e. The Labute approximate surface area is 126 Å². The topological polar surface area (TPSA) is 32.3 Å². The SMILES string of the molecule is Cc1ccccc1C1NC2(CC2)C(=O)N1C1CCCCC1. The van der Waals surface area contributed by atoms with E-state index in [1.54, 1.807) is 0 Å². The average molecular weight is 284 g/mol. The quantitative estimate of drug-likeness (QED) is 0.904. The molecule has 1 heterocycles. The van der Waals surface area contributed by atoms with Gasteiger partial charge in [-0.1, -0.05) is 43.5 Å². The van der Waals surface area contributed by atoms with Crippen molar-refractivity contribution in [2.45, 2.75) is 69.6 Å². The van der Waals surface area contributed by atoms with Crippen LogP contribution in [0, 0.1) is 6.92 Å². The molecule has 1 unspecified atom stereocenters. The first-order valence-electron chi connectivity index (χ1n) is 8.37. The van der Waals surface area contributed by atoms with Crippen LogP contribution in [0.25, 0.3) is 0 Å². The monoisotopic (exact) mass is 284 g/mol. The van der Waals surface area contributed by atoms with E-state index in [1.807, 2.05) is 0 Å². The fourth-order valence-electron chi connectivity index (χ4n) is 4.10. The van der Waals surface area contributed by atoms with Gasteiger partial charge in [0.15, 0.2) is 0 Å². The zero-order valence-corrected chi connectivity index (χ0v) is 12.8. The minimum Gasteiger partial charge on any atom is -0.318 e. The van der Waals surface area contributed by atoms with E-state index in [-0.39, 0.29) is 11.7 Å². The molecule has 1 saturated heterocycles. The third-order valence-electron chi connectivity index (χ3n) is 5.54. The predicted octanol–water partition coefficient (Wildman–Crippen LogP) is 3.29. The number of carbonyl (C=O) groups excluding carboxylic acids is 1. The summed E-state index contributed by atoms with van der Waals surface area (Å²) in [5.41, 5.74) is 2.34. The molecule has 1 N–H and O–H groups in total. The van der Waals surface area contributed by atoms with E-state index >= 15 is 0 Å². The van der Waals surface area contributed by atoms with E-state index in [1.165, 1.54) is 43.2 Å². The highest BCUT2D eigenvalue weighted by atomic mass is 16.2. The molecule has 1 spiro atoms.